The zero-order valence-electron chi connectivity index (χ0n) is 12.4. The van der Waals surface area contributed by atoms with Crippen molar-refractivity contribution in [3.05, 3.63) is 29.8 Å². The van der Waals surface area contributed by atoms with Crippen molar-refractivity contribution in [2.24, 2.45) is 0 Å². The standard InChI is InChI=1S/C17H23NO3/c19-16(12-17(20)8-4-1-5-9-17)18-10-11-21-15-7-3-2-6-14(15)13-18/h2-3,6-7,20H,1,4-5,8-13H2. The predicted molar refractivity (Wildman–Crippen MR) is 80.0 cm³/mol. The van der Waals surface area contributed by atoms with E-state index in [-0.39, 0.29) is 12.3 Å². The summed E-state index contributed by atoms with van der Waals surface area (Å²) >= 11 is 0. The normalized spacial score (nSPS) is 21.1. The van der Waals surface area contributed by atoms with Crippen LogP contribution in [0.3, 0.4) is 0 Å². The largest absolute Gasteiger partial charge is 0.491 e. The van der Waals surface area contributed by atoms with E-state index < -0.39 is 5.60 Å². The van der Waals surface area contributed by atoms with Crippen LogP contribution < -0.4 is 4.74 Å². The van der Waals surface area contributed by atoms with Crippen LogP contribution in [0.4, 0.5) is 0 Å². The number of fused-ring (bicyclic) bond motifs is 1. The molecule has 114 valence electrons. The van der Waals surface area contributed by atoms with Crippen LogP contribution in [0.5, 0.6) is 5.75 Å². The molecule has 4 nitrogen and oxygen atoms in total. The molecule has 4 heteroatoms. The third-order valence-electron chi connectivity index (χ3n) is 4.57. The summed E-state index contributed by atoms with van der Waals surface area (Å²) in [4.78, 5) is 14.4. The molecule has 1 fully saturated rings. The molecule has 21 heavy (non-hydrogen) atoms. The number of para-hydroxylation sites is 1. The quantitative estimate of drug-likeness (QED) is 0.910. The highest BCUT2D eigenvalue weighted by molar-refractivity contribution is 5.77. The Bertz CT molecular complexity index is 509. The maximum Gasteiger partial charge on any atom is 0.225 e. The fraction of sp³-hybridized carbons (Fsp3) is 0.588. The van der Waals surface area contributed by atoms with Crippen LogP contribution in [0, 0.1) is 0 Å². The van der Waals surface area contributed by atoms with Gasteiger partial charge in [-0.25, -0.2) is 0 Å². The third kappa shape index (κ3) is 3.38. The van der Waals surface area contributed by atoms with Gasteiger partial charge in [0, 0.05) is 12.1 Å². The van der Waals surface area contributed by atoms with Gasteiger partial charge in [0.25, 0.3) is 0 Å². The van der Waals surface area contributed by atoms with Crippen LogP contribution in [0.1, 0.15) is 44.1 Å². The second-order valence-electron chi connectivity index (χ2n) is 6.23. The van der Waals surface area contributed by atoms with Gasteiger partial charge in [-0.3, -0.25) is 4.79 Å². The molecule has 2 aliphatic rings. The first kappa shape index (κ1) is 14.4. The number of hydrogen-bond acceptors (Lipinski definition) is 3. The lowest BCUT2D eigenvalue weighted by molar-refractivity contribution is -0.138. The zero-order chi connectivity index (χ0) is 14.7. The first-order chi connectivity index (χ1) is 10.2. The van der Waals surface area contributed by atoms with Gasteiger partial charge in [0.05, 0.1) is 18.6 Å². The van der Waals surface area contributed by atoms with E-state index in [1.165, 1.54) is 6.42 Å². The Labute approximate surface area is 125 Å². The van der Waals surface area contributed by atoms with Gasteiger partial charge in [-0.2, -0.15) is 0 Å². The molecule has 3 rings (SSSR count). The van der Waals surface area contributed by atoms with Gasteiger partial charge in [-0.05, 0) is 18.9 Å². The minimum absolute atomic E-state index is 0.0414. The molecule has 0 saturated heterocycles. The van der Waals surface area contributed by atoms with E-state index in [2.05, 4.69) is 0 Å². The van der Waals surface area contributed by atoms with E-state index in [1.807, 2.05) is 29.2 Å². The van der Waals surface area contributed by atoms with Crippen molar-refractivity contribution >= 4 is 5.91 Å². The summed E-state index contributed by atoms with van der Waals surface area (Å²) in [5, 5.41) is 10.6. The first-order valence-corrected chi connectivity index (χ1v) is 7.87. The lowest BCUT2D eigenvalue weighted by Crippen LogP contribution is -2.41. The van der Waals surface area contributed by atoms with Crippen molar-refractivity contribution in [3.63, 3.8) is 0 Å². The Morgan fingerprint density at radius 3 is 2.81 bits per heavy atom. The Kier molecular flexibility index (Phi) is 4.15. The fourth-order valence-corrected chi connectivity index (χ4v) is 3.32. The van der Waals surface area contributed by atoms with Gasteiger partial charge in [-0.15, -0.1) is 0 Å². The number of hydrogen-bond donors (Lipinski definition) is 1. The maximum atomic E-state index is 12.5. The molecule has 0 spiro atoms. The molecule has 1 N–H and O–H groups in total. The summed E-state index contributed by atoms with van der Waals surface area (Å²) in [6.45, 7) is 1.68. The highest BCUT2D eigenvalue weighted by atomic mass is 16.5. The minimum atomic E-state index is -0.790. The van der Waals surface area contributed by atoms with Gasteiger partial charge >= 0.3 is 0 Å². The van der Waals surface area contributed by atoms with Crippen molar-refractivity contribution < 1.29 is 14.6 Å². The SMILES string of the molecule is O=C(CC1(O)CCCCC1)N1CCOc2ccccc2C1. The molecular formula is C17H23NO3. The Morgan fingerprint density at radius 1 is 1.24 bits per heavy atom. The van der Waals surface area contributed by atoms with E-state index in [1.54, 1.807) is 0 Å². The molecule has 1 aliphatic carbocycles. The molecule has 1 aliphatic heterocycles. The number of ether oxygens (including phenoxy) is 1. The van der Waals surface area contributed by atoms with Crippen LogP contribution in [0.2, 0.25) is 0 Å². The topological polar surface area (TPSA) is 49.8 Å². The van der Waals surface area contributed by atoms with Crippen molar-refractivity contribution in [3.8, 4) is 5.75 Å². The Balaban J connectivity index is 1.67. The van der Waals surface area contributed by atoms with Crippen LogP contribution in [0.15, 0.2) is 24.3 Å². The number of amides is 1. The molecule has 1 amide bonds. The van der Waals surface area contributed by atoms with Gasteiger partial charge in [-0.1, -0.05) is 37.5 Å². The summed E-state index contributed by atoms with van der Waals surface area (Å²) in [7, 11) is 0. The summed E-state index contributed by atoms with van der Waals surface area (Å²) in [5.41, 5.74) is 0.251. The predicted octanol–water partition coefficient (Wildman–Crippen LogP) is 2.49. The van der Waals surface area contributed by atoms with Gasteiger partial charge in [0.2, 0.25) is 5.91 Å². The van der Waals surface area contributed by atoms with E-state index >= 15 is 0 Å². The second-order valence-corrected chi connectivity index (χ2v) is 6.23. The Hall–Kier alpha value is -1.55. The number of nitrogens with zero attached hydrogens (tertiary/aromatic N) is 1. The summed E-state index contributed by atoms with van der Waals surface area (Å²) in [5.74, 6) is 0.906. The van der Waals surface area contributed by atoms with E-state index in [0.29, 0.717) is 19.7 Å². The zero-order valence-corrected chi connectivity index (χ0v) is 12.4. The summed E-state index contributed by atoms with van der Waals surface area (Å²) in [6.07, 6.45) is 4.96. The number of benzene rings is 1. The van der Waals surface area contributed by atoms with E-state index in [0.717, 1.165) is 37.0 Å². The molecule has 0 aromatic heterocycles. The summed E-state index contributed by atoms with van der Waals surface area (Å²) in [6, 6.07) is 7.85. The highest BCUT2D eigenvalue weighted by Crippen LogP contribution is 2.32. The molecular weight excluding hydrogens is 266 g/mol. The molecule has 1 heterocycles. The van der Waals surface area contributed by atoms with E-state index in [9.17, 15) is 9.90 Å². The van der Waals surface area contributed by atoms with Crippen molar-refractivity contribution in [2.75, 3.05) is 13.2 Å². The highest BCUT2D eigenvalue weighted by Gasteiger charge is 2.33. The number of aliphatic hydroxyl groups is 1. The average Bonchev–Trinajstić information content (AvgIpc) is 2.69. The van der Waals surface area contributed by atoms with Crippen LogP contribution in [0.25, 0.3) is 0 Å². The number of carbonyl (C=O) groups is 1. The molecule has 1 saturated carbocycles. The molecule has 1 aromatic carbocycles. The number of rotatable bonds is 2. The van der Waals surface area contributed by atoms with Crippen LogP contribution in [-0.4, -0.2) is 34.7 Å². The van der Waals surface area contributed by atoms with Gasteiger partial charge < -0.3 is 14.7 Å². The first-order valence-electron chi connectivity index (χ1n) is 7.87. The van der Waals surface area contributed by atoms with Crippen LogP contribution in [-0.2, 0) is 11.3 Å². The molecule has 1 aromatic rings. The number of carbonyl (C=O) groups excluding carboxylic acids is 1. The lowest BCUT2D eigenvalue weighted by atomic mass is 9.82. The monoisotopic (exact) mass is 289 g/mol. The Morgan fingerprint density at radius 2 is 2.00 bits per heavy atom. The van der Waals surface area contributed by atoms with E-state index in [4.69, 9.17) is 4.74 Å². The maximum absolute atomic E-state index is 12.5. The van der Waals surface area contributed by atoms with Crippen molar-refractivity contribution in [2.45, 2.75) is 50.7 Å². The van der Waals surface area contributed by atoms with Crippen LogP contribution >= 0.6 is 0 Å². The fourth-order valence-electron chi connectivity index (χ4n) is 3.32. The van der Waals surface area contributed by atoms with Crippen molar-refractivity contribution in [1.82, 2.24) is 4.90 Å². The van der Waals surface area contributed by atoms with Gasteiger partial charge in [0.1, 0.15) is 12.4 Å². The van der Waals surface area contributed by atoms with Crippen molar-refractivity contribution in [1.29, 1.82) is 0 Å². The average molecular weight is 289 g/mol. The molecule has 0 bridgehead atoms. The molecule has 0 atom stereocenters. The third-order valence-corrected chi connectivity index (χ3v) is 4.57. The molecule has 0 radical (unpaired) electrons. The minimum Gasteiger partial charge on any atom is -0.491 e. The summed E-state index contributed by atoms with van der Waals surface area (Å²) < 4.78 is 5.69. The van der Waals surface area contributed by atoms with Gasteiger partial charge in [0.15, 0.2) is 0 Å². The molecule has 0 unspecified atom stereocenters. The smallest absolute Gasteiger partial charge is 0.225 e. The second kappa shape index (κ2) is 6.06. The lowest BCUT2D eigenvalue weighted by Gasteiger charge is -2.33.